The van der Waals surface area contributed by atoms with Crippen molar-refractivity contribution in [2.75, 3.05) is 23.3 Å². The second kappa shape index (κ2) is 10.6. The van der Waals surface area contributed by atoms with Gasteiger partial charge in [0.15, 0.2) is 0 Å². The van der Waals surface area contributed by atoms with E-state index in [-0.39, 0.29) is 11.7 Å². The van der Waals surface area contributed by atoms with Crippen LogP contribution in [0, 0.1) is 5.92 Å². The van der Waals surface area contributed by atoms with Crippen molar-refractivity contribution in [2.24, 2.45) is 11.7 Å². The summed E-state index contributed by atoms with van der Waals surface area (Å²) in [5.74, 6) is -1.33. The molecule has 0 fully saturated rings. The molecular formula is C23H28F3N7O2. The molecular weight excluding hydrogens is 463 g/mol. The van der Waals surface area contributed by atoms with Gasteiger partial charge in [0.1, 0.15) is 18.2 Å². The second-order valence-corrected chi connectivity index (χ2v) is 8.47. The van der Waals surface area contributed by atoms with Gasteiger partial charge < -0.3 is 26.3 Å². The molecule has 3 aromatic rings. The fourth-order valence-corrected chi connectivity index (χ4v) is 3.84. The Morgan fingerprint density at radius 1 is 1.20 bits per heavy atom. The minimum absolute atomic E-state index is 0.104. The van der Waals surface area contributed by atoms with E-state index in [4.69, 9.17) is 5.73 Å². The molecule has 9 nitrogen and oxygen atoms in total. The van der Waals surface area contributed by atoms with E-state index in [9.17, 15) is 22.8 Å². The van der Waals surface area contributed by atoms with Gasteiger partial charge in [0.2, 0.25) is 5.91 Å². The minimum Gasteiger partial charge on any atom is -0.368 e. The highest BCUT2D eigenvalue weighted by atomic mass is 19.4. The van der Waals surface area contributed by atoms with Crippen LogP contribution in [0.3, 0.4) is 0 Å². The van der Waals surface area contributed by atoms with Crippen LogP contribution in [0.15, 0.2) is 36.9 Å². The summed E-state index contributed by atoms with van der Waals surface area (Å²) in [5, 5.41) is 6.05. The number of H-pyrrole nitrogens is 1. The normalized spacial score (nSPS) is 12.5. The average Bonchev–Trinajstić information content (AvgIpc) is 3.19. The van der Waals surface area contributed by atoms with Crippen molar-refractivity contribution >= 4 is 34.3 Å². The van der Waals surface area contributed by atoms with Gasteiger partial charge in [0.05, 0.1) is 23.8 Å². The number of carbonyl (C=O) groups excluding carboxylic acids is 2. The maximum absolute atomic E-state index is 13.4. The van der Waals surface area contributed by atoms with E-state index < -0.39 is 30.6 Å². The number of nitrogens with zero attached hydrogens (tertiary/aromatic N) is 3. The van der Waals surface area contributed by atoms with Crippen molar-refractivity contribution in [1.29, 1.82) is 0 Å². The topological polar surface area (TPSA) is 129 Å². The number of halogens is 3. The lowest BCUT2D eigenvalue weighted by Gasteiger charge is -2.34. The number of fused-ring (bicyclic) bond motifs is 1. The number of rotatable bonds is 9. The molecule has 12 heteroatoms. The summed E-state index contributed by atoms with van der Waals surface area (Å²) in [7, 11) is 0. The van der Waals surface area contributed by atoms with Crippen LogP contribution in [0.25, 0.3) is 22.2 Å². The van der Waals surface area contributed by atoms with Crippen LogP contribution >= 0.6 is 0 Å². The van der Waals surface area contributed by atoms with Gasteiger partial charge in [-0.05, 0) is 24.5 Å². The quantitative estimate of drug-likeness (QED) is 0.359. The lowest BCUT2D eigenvalue weighted by atomic mass is 10.0. The van der Waals surface area contributed by atoms with Gasteiger partial charge in [-0.2, -0.15) is 13.2 Å². The molecule has 0 aliphatic heterocycles. The molecule has 3 amide bonds. The molecule has 5 N–H and O–H groups in total. The van der Waals surface area contributed by atoms with Crippen LogP contribution in [0.5, 0.6) is 0 Å². The number of aromatic nitrogens is 3. The van der Waals surface area contributed by atoms with Crippen LogP contribution in [0.4, 0.5) is 29.3 Å². The van der Waals surface area contributed by atoms with Gasteiger partial charge in [0, 0.05) is 35.5 Å². The molecule has 3 aromatic heterocycles. The first-order valence-electron chi connectivity index (χ1n) is 11.1. The van der Waals surface area contributed by atoms with E-state index in [0.717, 1.165) is 11.3 Å². The van der Waals surface area contributed by atoms with Gasteiger partial charge in [0.25, 0.3) is 0 Å². The molecule has 0 radical (unpaired) electrons. The zero-order chi connectivity index (χ0) is 25.8. The SMILES string of the molecule is CCCNC(=O)Nc1cnc2[nH]cc(-c3cncc(N(CC(F)(F)F)[C@H](C(N)=O)C(C)C)c3)c2c1. The number of aromatic amines is 1. The molecule has 0 saturated heterocycles. The number of hydrogen-bond acceptors (Lipinski definition) is 5. The maximum Gasteiger partial charge on any atom is 0.405 e. The molecule has 0 bridgehead atoms. The van der Waals surface area contributed by atoms with Gasteiger partial charge >= 0.3 is 12.2 Å². The monoisotopic (exact) mass is 491 g/mol. The summed E-state index contributed by atoms with van der Waals surface area (Å²) in [6.45, 7) is 4.36. The summed E-state index contributed by atoms with van der Waals surface area (Å²) in [6, 6.07) is 1.67. The number of alkyl halides is 3. The van der Waals surface area contributed by atoms with Gasteiger partial charge in [-0.15, -0.1) is 0 Å². The Labute approximate surface area is 200 Å². The summed E-state index contributed by atoms with van der Waals surface area (Å²) < 4.78 is 40.3. The number of urea groups is 1. The number of anilines is 2. The zero-order valence-electron chi connectivity index (χ0n) is 19.6. The van der Waals surface area contributed by atoms with Crippen molar-refractivity contribution in [1.82, 2.24) is 20.3 Å². The summed E-state index contributed by atoms with van der Waals surface area (Å²) in [4.78, 5) is 36.4. The van der Waals surface area contributed by atoms with E-state index in [0.29, 0.717) is 34.4 Å². The molecule has 0 unspecified atom stereocenters. The Kier molecular flexibility index (Phi) is 7.82. The smallest absolute Gasteiger partial charge is 0.368 e. The molecule has 0 aliphatic rings. The largest absolute Gasteiger partial charge is 0.405 e. The molecule has 0 aliphatic carbocycles. The fourth-order valence-electron chi connectivity index (χ4n) is 3.84. The van der Waals surface area contributed by atoms with E-state index in [2.05, 4.69) is 25.6 Å². The van der Waals surface area contributed by atoms with E-state index in [1.54, 1.807) is 26.1 Å². The number of nitrogens with one attached hydrogen (secondary N) is 3. The Hall–Kier alpha value is -3.83. The van der Waals surface area contributed by atoms with Crippen LogP contribution in [0.2, 0.25) is 0 Å². The first kappa shape index (κ1) is 25.8. The van der Waals surface area contributed by atoms with Gasteiger partial charge in [-0.1, -0.05) is 20.8 Å². The summed E-state index contributed by atoms with van der Waals surface area (Å²) >= 11 is 0. The Balaban J connectivity index is 2.01. The molecule has 35 heavy (non-hydrogen) atoms. The summed E-state index contributed by atoms with van der Waals surface area (Å²) in [5.41, 5.74) is 7.66. The number of amides is 3. The van der Waals surface area contributed by atoms with Gasteiger partial charge in [-0.25, -0.2) is 9.78 Å². The fraction of sp³-hybridized carbons (Fsp3) is 0.391. The molecule has 188 valence electrons. The number of hydrogen-bond donors (Lipinski definition) is 4. The van der Waals surface area contributed by atoms with E-state index in [1.807, 2.05) is 6.92 Å². The second-order valence-electron chi connectivity index (χ2n) is 8.47. The number of primary amides is 1. The average molecular weight is 492 g/mol. The summed E-state index contributed by atoms with van der Waals surface area (Å²) in [6.07, 6.45) is 2.14. The van der Waals surface area contributed by atoms with Crippen LogP contribution < -0.4 is 21.3 Å². The minimum atomic E-state index is -4.57. The molecule has 3 rings (SSSR count). The molecule has 0 spiro atoms. The van der Waals surface area contributed by atoms with Crippen molar-refractivity contribution in [3.05, 3.63) is 36.9 Å². The van der Waals surface area contributed by atoms with E-state index >= 15 is 0 Å². The van der Waals surface area contributed by atoms with Crippen molar-refractivity contribution < 1.29 is 22.8 Å². The number of nitrogens with two attached hydrogens (primary N) is 1. The molecule has 0 aromatic carbocycles. The van der Waals surface area contributed by atoms with Crippen molar-refractivity contribution in [3.8, 4) is 11.1 Å². The van der Waals surface area contributed by atoms with Crippen molar-refractivity contribution in [3.63, 3.8) is 0 Å². The van der Waals surface area contributed by atoms with Crippen molar-refractivity contribution in [2.45, 2.75) is 39.4 Å². The first-order valence-corrected chi connectivity index (χ1v) is 11.1. The third-order valence-electron chi connectivity index (χ3n) is 5.30. The predicted octanol–water partition coefficient (Wildman–Crippen LogP) is 4.04. The highest BCUT2D eigenvalue weighted by Gasteiger charge is 2.37. The third kappa shape index (κ3) is 6.40. The molecule has 1 atom stereocenters. The standard InChI is InChI=1S/C23H28F3N7O2/c1-4-5-29-22(35)32-15-7-17-18(11-31-21(17)30-9-15)14-6-16(10-28-8-14)33(12-23(24,25)26)19(13(2)3)20(27)34/h6-11,13,19H,4-5,12H2,1-3H3,(H2,27,34)(H,30,31)(H2,29,32,35)/t19-/m0/s1. The number of pyridine rings is 2. The lowest BCUT2D eigenvalue weighted by Crippen LogP contribution is -2.51. The predicted molar refractivity (Wildman–Crippen MR) is 128 cm³/mol. The first-order chi connectivity index (χ1) is 16.5. The number of carbonyl (C=O) groups is 2. The van der Waals surface area contributed by atoms with Gasteiger partial charge in [-0.3, -0.25) is 9.78 Å². The van der Waals surface area contributed by atoms with Crippen LogP contribution in [0.1, 0.15) is 27.2 Å². The highest BCUT2D eigenvalue weighted by Crippen LogP contribution is 2.33. The van der Waals surface area contributed by atoms with E-state index in [1.165, 1.54) is 24.7 Å². The van der Waals surface area contributed by atoms with Crippen LogP contribution in [-0.4, -0.2) is 52.2 Å². The third-order valence-corrected chi connectivity index (χ3v) is 5.30. The molecule has 0 saturated carbocycles. The Bertz CT molecular complexity index is 1190. The lowest BCUT2D eigenvalue weighted by molar-refractivity contribution is -0.126. The maximum atomic E-state index is 13.4. The molecule has 3 heterocycles. The highest BCUT2D eigenvalue weighted by molar-refractivity contribution is 5.98. The van der Waals surface area contributed by atoms with Crippen LogP contribution in [-0.2, 0) is 4.79 Å². The Morgan fingerprint density at radius 2 is 1.94 bits per heavy atom. The zero-order valence-corrected chi connectivity index (χ0v) is 19.6. The Morgan fingerprint density at radius 3 is 2.57 bits per heavy atom.